The van der Waals surface area contributed by atoms with E-state index in [1.54, 1.807) is 36.4 Å². The molecule has 0 fully saturated rings. The van der Waals surface area contributed by atoms with Gasteiger partial charge in [-0.1, -0.05) is 37.3 Å². The largest absolute Gasteiger partial charge is 0.318 e. The van der Waals surface area contributed by atoms with Crippen LogP contribution >= 0.6 is 0 Å². The molecule has 5 nitrogen and oxygen atoms in total. The van der Waals surface area contributed by atoms with Crippen molar-refractivity contribution in [3.8, 4) is 0 Å². The van der Waals surface area contributed by atoms with Gasteiger partial charge in [0, 0.05) is 11.9 Å². The van der Waals surface area contributed by atoms with Crippen molar-refractivity contribution in [2.45, 2.75) is 19.9 Å². The Morgan fingerprint density at radius 1 is 1.12 bits per heavy atom. The molecule has 24 heavy (non-hydrogen) atoms. The first-order valence-electron chi connectivity index (χ1n) is 7.67. The minimum Gasteiger partial charge on any atom is -0.318 e. The number of hydrogen-bond donors (Lipinski definition) is 1. The number of aryl methyl sites for hydroxylation is 1. The van der Waals surface area contributed by atoms with Crippen LogP contribution < -0.4 is 10.9 Å². The van der Waals surface area contributed by atoms with E-state index >= 15 is 0 Å². The van der Waals surface area contributed by atoms with Crippen LogP contribution in [0.15, 0.2) is 53.3 Å². The fourth-order valence-corrected chi connectivity index (χ4v) is 2.51. The summed E-state index contributed by atoms with van der Waals surface area (Å²) in [6.45, 7) is 2.33. The third kappa shape index (κ3) is 2.90. The number of anilines is 1. The first-order valence-corrected chi connectivity index (χ1v) is 7.67. The Bertz CT molecular complexity index is 966. The predicted molar refractivity (Wildman–Crippen MR) is 90.6 cm³/mol. The van der Waals surface area contributed by atoms with Crippen LogP contribution in [0.25, 0.3) is 10.8 Å². The summed E-state index contributed by atoms with van der Waals surface area (Å²) < 4.78 is 15.0. The number of carbonyl (C=O) groups is 1. The lowest BCUT2D eigenvalue weighted by Crippen LogP contribution is -2.27. The minimum atomic E-state index is -0.554. The van der Waals surface area contributed by atoms with E-state index in [0.717, 1.165) is 0 Å². The summed E-state index contributed by atoms with van der Waals surface area (Å²) in [6.07, 6.45) is 0.708. The molecule has 3 rings (SSSR count). The summed E-state index contributed by atoms with van der Waals surface area (Å²) in [7, 11) is 0. The fraction of sp³-hybridized carbons (Fsp3) is 0.167. The summed E-state index contributed by atoms with van der Waals surface area (Å²) >= 11 is 0. The summed E-state index contributed by atoms with van der Waals surface area (Å²) in [5, 5.41) is 7.57. The SMILES string of the molecule is CCCn1nc(C(=O)Nc2ccccc2F)c2ccccc2c1=O. The fourth-order valence-electron chi connectivity index (χ4n) is 2.51. The molecule has 0 aliphatic rings. The Labute approximate surface area is 137 Å². The van der Waals surface area contributed by atoms with Crippen LogP contribution in [0.4, 0.5) is 10.1 Å². The lowest BCUT2D eigenvalue weighted by molar-refractivity contribution is 0.102. The van der Waals surface area contributed by atoms with Gasteiger partial charge in [-0.25, -0.2) is 9.07 Å². The van der Waals surface area contributed by atoms with Crippen molar-refractivity contribution in [1.29, 1.82) is 0 Å². The number of hydrogen-bond acceptors (Lipinski definition) is 3. The van der Waals surface area contributed by atoms with Crippen LogP contribution in [0.1, 0.15) is 23.8 Å². The van der Waals surface area contributed by atoms with Crippen molar-refractivity contribution in [2.75, 3.05) is 5.32 Å². The minimum absolute atomic E-state index is 0.0709. The first-order chi connectivity index (χ1) is 11.6. The molecule has 0 unspecified atom stereocenters. The number of amides is 1. The standard InChI is InChI=1S/C18H16FN3O2/c1-2-11-22-18(24)13-8-4-3-7-12(13)16(21-22)17(23)20-15-10-6-5-9-14(15)19/h3-10H,2,11H2,1H3,(H,20,23). The number of para-hydroxylation sites is 1. The molecule has 0 spiro atoms. The van der Waals surface area contributed by atoms with Gasteiger partial charge in [0.2, 0.25) is 0 Å². The average molecular weight is 325 g/mol. The molecule has 1 amide bonds. The highest BCUT2D eigenvalue weighted by atomic mass is 19.1. The molecule has 122 valence electrons. The highest BCUT2D eigenvalue weighted by Crippen LogP contribution is 2.17. The van der Waals surface area contributed by atoms with E-state index in [1.807, 2.05) is 6.92 Å². The number of carbonyl (C=O) groups excluding carboxylic acids is 1. The number of nitrogens with zero attached hydrogens (tertiary/aromatic N) is 2. The van der Waals surface area contributed by atoms with Crippen LogP contribution in [0.5, 0.6) is 0 Å². The zero-order chi connectivity index (χ0) is 17.1. The molecule has 2 aromatic carbocycles. The van der Waals surface area contributed by atoms with Gasteiger partial charge in [0.15, 0.2) is 5.69 Å². The zero-order valence-corrected chi connectivity index (χ0v) is 13.1. The lowest BCUT2D eigenvalue weighted by Gasteiger charge is -2.11. The maximum absolute atomic E-state index is 13.8. The quantitative estimate of drug-likeness (QED) is 0.801. The second kappa shape index (κ2) is 6.62. The molecule has 0 atom stereocenters. The molecule has 1 heterocycles. The second-order valence-electron chi connectivity index (χ2n) is 5.36. The second-order valence-corrected chi connectivity index (χ2v) is 5.36. The van der Waals surface area contributed by atoms with Gasteiger partial charge in [-0.3, -0.25) is 9.59 Å². The summed E-state index contributed by atoms with van der Waals surface area (Å²) in [5.41, 5.74) is -0.0709. The van der Waals surface area contributed by atoms with Crippen LogP contribution in [0.2, 0.25) is 0 Å². The van der Waals surface area contributed by atoms with Gasteiger partial charge in [0.1, 0.15) is 5.82 Å². The van der Waals surface area contributed by atoms with Crippen molar-refractivity contribution in [2.24, 2.45) is 0 Å². The lowest BCUT2D eigenvalue weighted by atomic mass is 10.1. The Kier molecular flexibility index (Phi) is 4.37. The van der Waals surface area contributed by atoms with Gasteiger partial charge in [-0.2, -0.15) is 5.10 Å². The van der Waals surface area contributed by atoms with Crippen molar-refractivity contribution < 1.29 is 9.18 Å². The zero-order valence-electron chi connectivity index (χ0n) is 13.1. The maximum atomic E-state index is 13.8. The van der Waals surface area contributed by atoms with Gasteiger partial charge >= 0.3 is 0 Å². The van der Waals surface area contributed by atoms with Gasteiger partial charge in [0.25, 0.3) is 11.5 Å². The van der Waals surface area contributed by atoms with Gasteiger partial charge < -0.3 is 5.32 Å². The molecule has 0 radical (unpaired) electrons. The van der Waals surface area contributed by atoms with Gasteiger partial charge in [0.05, 0.1) is 11.1 Å². The topological polar surface area (TPSA) is 64.0 Å². The number of halogens is 1. The third-order valence-corrected chi connectivity index (χ3v) is 3.64. The van der Waals surface area contributed by atoms with Crippen molar-refractivity contribution in [3.05, 3.63) is 70.4 Å². The van der Waals surface area contributed by atoms with E-state index in [-0.39, 0.29) is 16.9 Å². The summed E-state index contributed by atoms with van der Waals surface area (Å²) in [5.74, 6) is -1.09. The summed E-state index contributed by atoms with van der Waals surface area (Å²) in [4.78, 5) is 25.0. The monoisotopic (exact) mass is 325 g/mol. The molecule has 0 bridgehead atoms. The Hall–Kier alpha value is -3.02. The maximum Gasteiger partial charge on any atom is 0.276 e. The molecule has 0 aliphatic heterocycles. The predicted octanol–water partition coefficient (Wildman–Crippen LogP) is 3.20. The van der Waals surface area contributed by atoms with Crippen LogP contribution in [0.3, 0.4) is 0 Å². The molecule has 0 saturated heterocycles. The highest BCUT2D eigenvalue weighted by Gasteiger charge is 2.17. The van der Waals surface area contributed by atoms with E-state index < -0.39 is 11.7 Å². The average Bonchev–Trinajstić information content (AvgIpc) is 2.59. The number of nitrogens with one attached hydrogen (secondary N) is 1. The highest BCUT2D eigenvalue weighted by molar-refractivity contribution is 6.11. The number of benzene rings is 2. The smallest absolute Gasteiger partial charge is 0.276 e. The first kappa shape index (κ1) is 15.9. The van der Waals surface area contributed by atoms with E-state index in [1.165, 1.54) is 16.8 Å². The summed E-state index contributed by atoms with van der Waals surface area (Å²) in [6, 6.07) is 12.7. The van der Waals surface area contributed by atoms with E-state index in [0.29, 0.717) is 23.7 Å². The van der Waals surface area contributed by atoms with Crippen LogP contribution in [0, 0.1) is 5.82 Å². The molecule has 6 heteroatoms. The molecule has 3 aromatic rings. The van der Waals surface area contributed by atoms with Crippen molar-refractivity contribution in [3.63, 3.8) is 0 Å². The van der Waals surface area contributed by atoms with E-state index in [2.05, 4.69) is 10.4 Å². The molecule has 0 aliphatic carbocycles. The van der Waals surface area contributed by atoms with E-state index in [9.17, 15) is 14.0 Å². The number of aromatic nitrogens is 2. The Morgan fingerprint density at radius 3 is 2.50 bits per heavy atom. The van der Waals surface area contributed by atoms with Crippen molar-refractivity contribution in [1.82, 2.24) is 9.78 Å². The molecule has 1 aromatic heterocycles. The molecule has 1 N–H and O–H groups in total. The van der Waals surface area contributed by atoms with Crippen molar-refractivity contribution >= 4 is 22.4 Å². The Balaban J connectivity index is 2.11. The van der Waals surface area contributed by atoms with Gasteiger partial charge in [-0.15, -0.1) is 0 Å². The normalized spacial score (nSPS) is 10.8. The molecular formula is C18H16FN3O2. The molecule has 0 saturated carbocycles. The van der Waals surface area contributed by atoms with Gasteiger partial charge in [-0.05, 0) is 24.6 Å². The number of fused-ring (bicyclic) bond motifs is 1. The molecular weight excluding hydrogens is 309 g/mol. The number of rotatable bonds is 4. The Morgan fingerprint density at radius 2 is 1.79 bits per heavy atom. The van der Waals surface area contributed by atoms with Crippen LogP contribution in [-0.4, -0.2) is 15.7 Å². The third-order valence-electron chi connectivity index (χ3n) is 3.64. The van der Waals surface area contributed by atoms with Crippen LogP contribution in [-0.2, 0) is 6.54 Å². The van der Waals surface area contributed by atoms with E-state index in [4.69, 9.17) is 0 Å².